The molecule has 0 radical (unpaired) electrons. The molecule has 1 saturated heterocycles. The van der Waals surface area contributed by atoms with E-state index in [1.807, 2.05) is 30.3 Å². The first-order chi connectivity index (χ1) is 13.7. The number of benzene rings is 2. The maximum atomic E-state index is 11.7. The van der Waals surface area contributed by atoms with E-state index in [0.29, 0.717) is 23.7 Å². The Labute approximate surface area is 164 Å². The molecule has 28 heavy (non-hydrogen) atoms. The Balaban J connectivity index is 1.71. The molecule has 2 aromatic rings. The Bertz CT molecular complexity index is 813. The highest BCUT2D eigenvalue weighted by atomic mass is 16.5. The van der Waals surface area contributed by atoms with Crippen molar-refractivity contribution < 1.29 is 24.1 Å². The number of carbonyl (C=O) groups is 1. The summed E-state index contributed by atoms with van der Waals surface area (Å²) in [7, 11) is 1.58. The number of methoxy groups -OCH3 is 1. The minimum Gasteiger partial charge on any atom is -0.493 e. The first-order valence-electron chi connectivity index (χ1n) is 9.29. The minimum absolute atomic E-state index is 0.226. The van der Waals surface area contributed by atoms with E-state index in [9.17, 15) is 9.90 Å². The van der Waals surface area contributed by atoms with E-state index in [0.717, 1.165) is 38.4 Å². The van der Waals surface area contributed by atoms with Crippen LogP contribution in [0.5, 0.6) is 11.5 Å². The molecule has 6 heteroatoms. The van der Waals surface area contributed by atoms with Crippen molar-refractivity contribution in [2.45, 2.75) is 0 Å². The standard InChI is InChI=1S/C22H25NO5/c1-26-21-16-17(15-19(22(24)25)18-5-3-2-4-6-18)7-8-20(21)28-14-11-23-9-12-27-13-10-23/h2-8,15-16H,9-14H2,1H3,(H,24,25)/b19-15-. The zero-order chi connectivity index (χ0) is 19.8. The predicted octanol–water partition coefficient (Wildman–Crippen LogP) is 3.03. The summed E-state index contributed by atoms with van der Waals surface area (Å²) < 4.78 is 16.7. The zero-order valence-corrected chi connectivity index (χ0v) is 16.0. The lowest BCUT2D eigenvalue weighted by Crippen LogP contribution is -2.38. The lowest BCUT2D eigenvalue weighted by Gasteiger charge is -2.26. The molecule has 0 atom stereocenters. The normalized spacial score (nSPS) is 15.2. The molecule has 1 fully saturated rings. The molecule has 1 aliphatic rings. The van der Waals surface area contributed by atoms with Gasteiger partial charge in [-0.15, -0.1) is 0 Å². The van der Waals surface area contributed by atoms with Crippen molar-refractivity contribution in [3.05, 3.63) is 59.7 Å². The van der Waals surface area contributed by atoms with E-state index in [2.05, 4.69) is 4.90 Å². The first kappa shape index (κ1) is 19.9. The predicted molar refractivity (Wildman–Crippen MR) is 108 cm³/mol. The second-order valence-corrected chi connectivity index (χ2v) is 6.44. The summed E-state index contributed by atoms with van der Waals surface area (Å²) >= 11 is 0. The van der Waals surface area contributed by atoms with Crippen LogP contribution in [0.4, 0.5) is 0 Å². The molecule has 0 spiro atoms. The van der Waals surface area contributed by atoms with Crippen LogP contribution >= 0.6 is 0 Å². The molecule has 6 nitrogen and oxygen atoms in total. The maximum absolute atomic E-state index is 11.7. The summed E-state index contributed by atoms with van der Waals surface area (Å²) in [4.78, 5) is 14.0. The van der Waals surface area contributed by atoms with Gasteiger partial charge in [-0.05, 0) is 29.3 Å². The molecule has 0 saturated carbocycles. The maximum Gasteiger partial charge on any atom is 0.336 e. The molecule has 0 amide bonds. The Morgan fingerprint density at radius 2 is 1.89 bits per heavy atom. The Morgan fingerprint density at radius 3 is 2.57 bits per heavy atom. The van der Waals surface area contributed by atoms with E-state index in [4.69, 9.17) is 14.2 Å². The molecule has 1 heterocycles. The van der Waals surface area contributed by atoms with E-state index in [-0.39, 0.29) is 5.57 Å². The van der Waals surface area contributed by atoms with E-state index >= 15 is 0 Å². The molecule has 3 rings (SSSR count). The van der Waals surface area contributed by atoms with Crippen LogP contribution in [0.1, 0.15) is 11.1 Å². The van der Waals surface area contributed by atoms with Gasteiger partial charge in [0.05, 0.1) is 25.9 Å². The number of nitrogens with zero attached hydrogens (tertiary/aromatic N) is 1. The molecule has 1 aliphatic heterocycles. The fraction of sp³-hybridized carbons (Fsp3) is 0.318. The molecule has 0 unspecified atom stereocenters. The summed E-state index contributed by atoms with van der Waals surface area (Å²) in [5.74, 6) is 0.244. The lowest BCUT2D eigenvalue weighted by molar-refractivity contribution is -0.130. The van der Waals surface area contributed by atoms with E-state index < -0.39 is 5.97 Å². The van der Waals surface area contributed by atoms with Crippen LogP contribution in [-0.2, 0) is 9.53 Å². The SMILES string of the molecule is COc1cc(/C=C(\C(=O)O)c2ccccc2)ccc1OCCN1CCOCC1. The highest BCUT2D eigenvalue weighted by Gasteiger charge is 2.13. The van der Waals surface area contributed by atoms with Gasteiger partial charge in [0.25, 0.3) is 0 Å². The molecule has 148 valence electrons. The van der Waals surface area contributed by atoms with Gasteiger partial charge in [-0.25, -0.2) is 4.79 Å². The summed E-state index contributed by atoms with van der Waals surface area (Å²) in [5, 5.41) is 9.57. The van der Waals surface area contributed by atoms with E-state index in [1.54, 1.807) is 31.4 Å². The van der Waals surface area contributed by atoms with Crippen LogP contribution in [-0.4, -0.2) is 62.5 Å². The van der Waals surface area contributed by atoms with Gasteiger partial charge >= 0.3 is 5.97 Å². The number of aliphatic carboxylic acids is 1. The number of hydrogen-bond donors (Lipinski definition) is 1. The van der Waals surface area contributed by atoms with Crippen LogP contribution in [0.2, 0.25) is 0 Å². The molecular weight excluding hydrogens is 358 g/mol. The van der Waals surface area contributed by atoms with Gasteiger partial charge in [0, 0.05) is 19.6 Å². The van der Waals surface area contributed by atoms with Crippen molar-refractivity contribution in [2.24, 2.45) is 0 Å². The quantitative estimate of drug-likeness (QED) is 0.558. The number of hydrogen-bond acceptors (Lipinski definition) is 5. The summed E-state index contributed by atoms with van der Waals surface area (Å²) in [6.45, 7) is 4.74. The Kier molecular flexibility index (Phi) is 7.06. The van der Waals surface area contributed by atoms with Crippen LogP contribution < -0.4 is 9.47 Å². The second-order valence-electron chi connectivity index (χ2n) is 6.44. The largest absolute Gasteiger partial charge is 0.493 e. The van der Waals surface area contributed by atoms with Crippen molar-refractivity contribution in [3.8, 4) is 11.5 Å². The average molecular weight is 383 g/mol. The van der Waals surface area contributed by atoms with Crippen LogP contribution in [0.15, 0.2) is 48.5 Å². The molecule has 0 aliphatic carbocycles. The van der Waals surface area contributed by atoms with Crippen molar-refractivity contribution >= 4 is 17.6 Å². The molecule has 0 aromatic heterocycles. The van der Waals surface area contributed by atoms with Gasteiger partial charge in [0.15, 0.2) is 11.5 Å². The summed E-state index contributed by atoms with van der Waals surface area (Å²) in [5.41, 5.74) is 1.61. The third-order valence-electron chi connectivity index (χ3n) is 4.58. The lowest BCUT2D eigenvalue weighted by atomic mass is 10.0. The minimum atomic E-state index is -0.976. The van der Waals surface area contributed by atoms with E-state index in [1.165, 1.54) is 0 Å². The second kappa shape index (κ2) is 9.92. The molecule has 2 aromatic carbocycles. The van der Waals surface area contributed by atoms with Gasteiger partial charge in [-0.3, -0.25) is 4.90 Å². The third kappa shape index (κ3) is 5.34. The van der Waals surface area contributed by atoms with Gasteiger partial charge < -0.3 is 19.3 Å². The fourth-order valence-corrected chi connectivity index (χ4v) is 3.06. The van der Waals surface area contributed by atoms with Crippen molar-refractivity contribution in [1.82, 2.24) is 4.90 Å². The van der Waals surface area contributed by atoms with Gasteiger partial charge in [-0.2, -0.15) is 0 Å². The van der Waals surface area contributed by atoms with Crippen molar-refractivity contribution in [3.63, 3.8) is 0 Å². The number of carboxylic acid groups (broad SMARTS) is 1. The first-order valence-corrected chi connectivity index (χ1v) is 9.29. The number of carboxylic acids is 1. The van der Waals surface area contributed by atoms with Crippen LogP contribution in [0.3, 0.4) is 0 Å². The molecular formula is C22H25NO5. The summed E-state index contributed by atoms with van der Waals surface area (Å²) in [6.07, 6.45) is 1.64. The zero-order valence-electron chi connectivity index (χ0n) is 16.0. The van der Waals surface area contributed by atoms with Crippen molar-refractivity contribution in [2.75, 3.05) is 46.6 Å². The average Bonchev–Trinajstić information content (AvgIpc) is 2.74. The fourth-order valence-electron chi connectivity index (χ4n) is 3.06. The van der Waals surface area contributed by atoms with Gasteiger partial charge in [0.1, 0.15) is 6.61 Å². The highest BCUT2D eigenvalue weighted by molar-refractivity contribution is 6.20. The third-order valence-corrected chi connectivity index (χ3v) is 4.58. The smallest absolute Gasteiger partial charge is 0.336 e. The number of rotatable bonds is 8. The van der Waals surface area contributed by atoms with Crippen molar-refractivity contribution in [1.29, 1.82) is 0 Å². The van der Waals surface area contributed by atoms with Gasteiger partial charge in [0.2, 0.25) is 0 Å². The Hall–Kier alpha value is -2.83. The topological polar surface area (TPSA) is 68.2 Å². The van der Waals surface area contributed by atoms with Crippen LogP contribution in [0, 0.1) is 0 Å². The Morgan fingerprint density at radius 1 is 1.14 bits per heavy atom. The molecule has 0 bridgehead atoms. The molecule has 1 N–H and O–H groups in total. The van der Waals surface area contributed by atoms with Gasteiger partial charge in [-0.1, -0.05) is 36.4 Å². The highest BCUT2D eigenvalue weighted by Crippen LogP contribution is 2.30. The van der Waals surface area contributed by atoms with Crippen LogP contribution in [0.25, 0.3) is 11.6 Å². The number of ether oxygens (including phenoxy) is 3. The summed E-state index contributed by atoms with van der Waals surface area (Å²) in [6, 6.07) is 14.5. The monoisotopic (exact) mass is 383 g/mol. The number of morpholine rings is 1.